The molecule has 6 nitrogen and oxygen atoms in total. The van der Waals surface area contributed by atoms with Crippen molar-refractivity contribution in [2.24, 2.45) is 0 Å². The first-order chi connectivity index (χ1) is 14.5. The molecule has 3 aromatic rings. The third-order valence-corrected chi connectivity index (χ3v) is 6.71. The molecule has 158 valence electrons. The number of esters is 1. The molecule has 1 aliphatic carbocycles. The Morgan fingerprint density at radius 3 is 2.60 bits per heavy atom. The van der Waals surface area contributed by atoms with Crippen molar-refractivity contribution in [1.82, 2.24) is 15.1 Å². The van der Waals surface area contributed by atoms with Gasteiger partial charge in [0.25, 0.3) is 5.91 Å². The fourth-order valence-corrected chi connectivity index (χ4v) is 5.00. The summed E-state index contributed by atoms with van der Waals surface area (Å²) in [5, 5.41) is 9.10. The number of carbonyl (C=O) groups is 2. The Bertz CT molecular complexity index is 1050. The number of nitrogens with one attached hydrogen (secondary N) is 1. The predicted molar refractivity (Wildman–Crippen MR) is 119 cm³/mol. The number of benzene rings is 1. The SMILES string of the molecule is Cc1nn(-c2ccc(Cl)cc2)c2sc(C(=O)OCC(=O)NC3CCCCCC3)cc12. The number of halogens is 1. The van der Waals surface area contributed by atoms with Crippen LogP contribution in [0.4, 0.5) is 0 Å². The zero-order valence-electron chi connectivity index (χ0n) is 16.8. The van der Waals surface area contributed by atoms with Crippen LogP contribution < -0.4 is 5.32 Å². The number of nitrogens with zero attached hydrogens (tertiary/aromatic N) is 2. The van der Waals surface area contributed by atoms with Crippen LogP contribution in [0.25, 0.3) is 15.9 Å². The van der Waals surface area contributed by atoms with Crippen LogP contribution in [0.1, 0.15) is 53.9 Å². The number of fused-ring (bicyclic) bond motifs is 1. The topological polar surface area (TPSA) is 73.2 Å². The molecule has 30 heavy (non-hydrogen) atoms. The van der Waals surface area contributed by atoms with Gasteiger partial charge in [-0.1, -0.05) is 37.3 Å². The summed E-state index contributed by atoms with van der Waals surface area (Å²) < 4.78 is 7.07. The Morgan fingerprint density at radius 1 is 1.20 bits per heavy atom. The lowest BCUT2D eigenvalue weighted by molar-refractivity contribution is -0.125. The Labute approximate surface area is 184 Å². The van der Waals surface area contributed by atoms with Crippen molar-refractivity contribution in [2.75, 3.05) is 6.61 Å². The number of ether oxygens (including phenoxy) is 1. The summed E-state index contributed by atoms with van der Waals surface area (Å²) >= 11 is 7.28. The minimum absolute atomic E-state index is 0.191. The van der Waals surface area contributed by atoms with E-state index >= 15 is 0 Å². The van der Waals surface area contributed by atoms with Gasteiger partial charge in [-0.05, 0) is 50.1 Å². The van der Waals surface area contributed by atoms with E-state index in [0.717, 1.165) is 47.3 Å². The lowest BCUT2D eigenvalue weighted by Gasteiger charge is -2.15. The maximum absolute atomic E-state index is 12.5. The van der Waals surface area contributed by atoms with Gasteiger partial charge >= 0.3 is 5.97 Å². The van der Waals surface area contributed by atoms with E-state index < -0.39 is 5.97 Å². The second kappa shape index (κ2) is 9.18. The number of rotatable bonds is 5. The van der Waals surface area contributed by atoms with Crippen molar-refractivity contribution >= 4 is 45.0 Å². The Kier molecular flexibility index (Phi) is 6.39. The van der Waals surface area contributed by atoms with Gasteiger partial charge in [-0.25, -0.2) is 9.48 Å². The molecule has 8 heteroatoms. The predicted octanol–water partition coefficient (Wildman–Crippen LogP) is 5.04. The monoisotopic (exact) mass is 445 g/mol. The summed E-state index contributed by atoms with van der Waals surface area (Å²) in [4.78, 5) is 26.0. The van der Waals surface area contributed by atoms with Crippen LogP contribution in [0.2, 0.25) is 5.02 Å². The van der Waals surface area contributed by atoms with E-state index in [2.05, 4.69) is 10.4 Å². The molecule has 1 fully saturated rings. The molecule has 2 aromatic heterocycles. The maximum Gasteiger partial charge on any atom is 0.348 e. The molecule has 0 radical (unpaired) electrons. The second-order valence-corrected chi connectivity index (χ2v) is 9.10. The molecule has 0 spiro atoms. The Morgan fingerprint density at radius 2 is 1.90 bits per heavy atom. The normalized spacial score (nSPS) is 15.1. The van der Waals surface area contributed by atoms with Crippen LogP contribution in [0, 0.1) is 6.92 Å². The number of amides is 1. The molecule has 0 saturated heterocycles. The van der Waals surface area contributed by atoms with Crippen LogP contribution in [0.15, 0.2) is 30.3 Å². The average molecular weight is 446 g/mol. The van der Waals surface area contributed by atoms with Gasteiger partial charge in [0, 0.05) is 16.5 Å². The molecule has 0 bridgehead atoms. The maximum atomic E-state index is 12.5. The zero-order chi connectivity index (χ0) is 21.1. The van der Waals surface area contributed by atoms with E-state index in [0.29, 0.717) is 9.90 Å². The molecule has 1 aromatic carbocycles. The lowest BCUT2D eigenvalue weighted by Crippen LogP contribution is -2.37. The average Bonchev–Trinajstić information content (AvgIpc) is 3.19. The van der Waals surface area contributed by atoms with Crippen molar-refractivity contribution in [3.8, 4) is 5.69 Å². The van der Waals surface area contributed by atoms with Gasteiger partial charge < -0.3 is 10.1 Å². The number of hydrogen-bond acceptors (Lipinski definition) is 5. The molecule has 1 amide bonds. The number of aromatic nitrogens is 2. The fraction of sp³-hybridized carbons (Fsp3) is 0.409. The summed E-state index contributed by atoms with van der Waals surface area (Å²) in [6.07, 6.45) is 6.71. The smallest absolute Gasteiger partial charge is 0.348 e. The standard InChI is InChI=1S/C22H24ClN3O3S/c1-14-18-12-19(30-21(18)26(25-14)17-10-8-15(23)9-11-17)22(28)29-13-20(27)24-16-6-4-2-3-5-7-16/h8-12,16H,2-7,13H2,1H3,(H,24,27). The summed E-state index contributed by atoms with van der Waals surface area (Å²) in [6.45, 7) is 1.64. The Balaban J connectivity index is 1.43. The summed E-state index contributed by atoms with van der Waals surface area (Å²) in [5.74, 6) is -0.728. The van der Waals surface area contributed by atoms with E-state index in [4.69, 9.17) is 16.3 Å². The van der Waals surface area contributed by atoms with Crippen LogP contribution in [0.3, 0.4) is 0 Å². The molecule has 1 N–H and O–H groups in total. The van der Waals surface area contributed by atoms with Crippen molar-refractivity contribution in [1.29, 1.82) is 0 Å². The van der Waals surface area contributed by atoms with Crippen molar-refractivity contribution in [3.05, 3.63) is 45.9 Å². The number of hydrogen-bond donors (Lipinski definition) is 1. The van der Waals surface area contributed by atoms with Crippen molar-refractivity contribution in [3.63, 3.8) is 0 Å². The van der Waals surface area contributed by atoms with Gasteiger partial charge in [-0.15, -0.1) is 11.3 Å². The van der Waals surface area contributed by atoms with Gasteiger partial charge in [0.15, 0.2) is 6.61 Å². The highest BCUT2D eigenvalue weighted by atomic mass is 35.5. The highest BCUT2D eigenvalue weighted by Crippen LogP contribution is 2.31. The first-order valence-electron chi connectivity index (χ1n) is 10.2. The van der Waals surface area contributed by atoms with Gasteiger partial charge in [0.2, 0.25) is 0 Å². The van der Waals surface area contributed by atoms with E-state index in [1.807, 2.05) is 19.1 Å². The van der Waals surface area contributed by atoms with E-state index in [1.165, 1.54) is 24.2 Å². The van der Waals surface area contributed by atoms with Crippen molar-refractivity contribution in [2.45, 2.75) is 51.5 Å². The Hall–Kier alpha value is -2.38. The third-order valence-electron chi connectivity index (χ3n) is 5.37. The lowest BCUT2D eigenvalue weighted by atomic mass is 10.1. The first kappa shape index (κ1) is 20.9. The zero-order valence-corrected chi connectivity index (χ0v) is 18.4. The van der Waals surface area contributed by atoms with Crippen molar-refractivity contribution < 1.29 is 14.3 Å². The second-order valence-electron chi connectivity index (χ2n) is 7.64. The molecule has 0 unspecified atom stereocenters. The van der Waals surface area contributed by atoms with Crippen LogP contribution >= 0.6 is 22.9 Å². The van der Waals surface area contributed by atoms with Crippen LogP contribution in [-0.2, 0) is 9.53 Å². The van der Waals surface area contributed by atoms with E-state index in [-0.39, 0.29) is 18.6 Å². The van der Waals surface area contributed by atoms with E-state index in [9.17, 15) is 9.59 Å². The molecule has 1 saturated carbocycles. The quantitative estimate of drug-likeness (QED) is 0.440. The largest absolute Gasteiger partial charge is 0.451 e. The number of aryl methyl sites for hydroxylation is 1. The minimum Gasteiger partial charge on any atom is -0.451 e. The highest BCUT2D eigenvalue weighted by molar-refractivity contribution is 7.20. The summed E-state index contributed by atoms with van der Waals surface area (Å²) in [6, 6.07) is 9.33. The third kappa shape index (κ3) is 4.68. The first-order valence-corrected chi connectivity index (χ1v) is 11.4. The number of thiophene rings is 1. The summed E-state index contributed by atoms with van der Waals surface area (Å²) in [5.41, 5.74) is 1.68. The fourth-order valence-electron chi connectivity index (χ4n) is 3.80. The van der Waals surface area contributed by atoms with E-state index in [1.54, 1.807) is 22.9 Å². The minimum atomic E-state index is -0.491. The van der Waals surface area contributed by atoms with Crippen LogP contribution in [-0.4, -0.2) is 34.3 Å². The molecule has 0 aliphatic heterocycles. The van der Waals surface area contributed by atoms with Gasteiger partial charge in [0.1, 0.15) is 9.71 Å². The molecular formula is C22H24ClN3O3S. The molecule has 0 atom stereocenters. The summed E-state index contributed by atoms with van der Waals surface area (Å²) in [7, 11) is 0. The molecule has 2 heterocycles. The number of carbonyl (C=O) groups excluding carboxylic acids is 2. The highest BCUT2D eigenvalue weighted by Gasteiger charge is 2.20. The molecule has 1 aliphatic rings. The van der Waals surface area contributed by atoms with Gasteiger partial charge in [-0.3, -0.25) is 4.79 Å². The molecule has 4 rings (SSSR count). The molecular weight excluding hydrogens is 422 g/mol. The van der Waals surface area contributed by atoms with Gasteiger partial charge in [-0.2, -0.15) is 5.10 Å². The van der Waals surface area contributed by atoms with Gasteiger partial charge in [0.05, 0.1) is 11.4 Å². The van der Waals surface area contributed by atoms with Crippen LogP contribution in [0.5, 0.6) is 0 Å².